The third kappa shape index (κ3) is 1.74. The highest BCUT2D eigenvalue weighted by molar-refractivity contribution is 6.31. The van der Waals surface area contributed by atoms with Crippen LogP contribution in [0.1, 0.15) is 23.2 Å². The molecule has 4 nitrogen and oxygen atoms in total. The Kier molecular flexibility index (Phi) is 3.03. The maximum atomic E-state index is 6.11. The molecular weight excluding hydrogens is 226 g/mol. The SMILES string of the molecule is Cc1nn(C(CN)c2ccco2)c(C)c1Cl. The predicted octanol–water partition coefficient (Wildman–Crippen LogP) is 2.29. The van der Waals surface area contributed by atoms with Gasteiger partial charge in [-0.15, -0.1) is 0 Å². The fourth-order valence-electron chi connectivity index (χ4n) is 1.76. The fraction of sp³-hybridized carbons (Fsp3) is 0.364. The summed E-state index contributed by atoms with van der Waals surface area (Å²) in [4.78, 5) is 0. The van der Waals surface area contributed by atoms with Crippen molar-refractivity contribution in [1.29, 1.82) is 0 Å². The summed E-state index contributed by atoms with van der Waals surface area (Å²) in [5.41, 5.74) is 7.48. The highest BCUT2D eigenvalue weighted by atomic mass is 35.5. The van der Waals surface area contributed by atoms with E-state index in [1.807, 2.05) is 30.7 Å². The van der Waals surface area contributed by atoms with Gasteiger partial charge in [0, 0.05) is 6.54 Å². The molecule has 0 aliphatic rings. The Morgan fingerprint density at radius 2 is 2.31 bits per heavy atom. The van der Waals surface area contributed by atoms with Crippen LogP contribution in [0.5, 0.6) is 0 Å². The van der Waals surface area contributed by atoms with Gasteiger partial charge in [0.05, 0.1) is 22.7 Å². The van der Waals surface area contributed by atoms with Gasteiger partial charge in [-0.1, -0.05) is 11.6 Å². The van der Waals surface area contributed by atoms with E-state index in [0.717, 1.165) is 17.1 Å². The van der Waals surface area contributed by atoms with Crippen LogP contribution < -0.4 is 5.73 Å². The number of aryl methyl sites for hydroxylation is 1. The molecule has 0 spiro atoms. The van der Waals surface area contributed by atoms with E-state index < -0.39 is 0 Å². The van der Waals surface area contributed by atoms with E-state index in [9.17, 15) is 0 Å². The van der Waals surface area contributed by atoms with Crippen LogP contribution in [0.4, 0.5) is 0 Å². The minimum atomic E-state index is -0.0961. The van der Waals surface area contributed by atoms with Crippen LogP contribution in [0.3, 0.4) is 0 Å². The molecule has 1 unspecified atom stereocenters. The monoisotopic (exact) mass is 239 g/mol. The highest BCUT2D eigenvalue weighted by Gasteiger charge is 2.20. The number of rotatable bonds is 3. The van der Waals surface area contributed by atoms with Crippen molar-refractivity contribution in [2.75, 3.05) is 6.54 Å². The Morgan fingerprint density at radius 1 is 1.56 bits per heavy atom. The fourth-order valence-corrected chi connectivity index (χ4v) is 1.89. The van der Waals surface area contributed by atoms with Crippen molar-refractivity contribution in [1.82, 2.24) is 9.78 Å². The van der Waals surface area contributed by atoms with Crippen LogP contribution in [0.15, 0.2) is 22.8 Å². The van der Waals surface area contributed by atoms with Crippen molar-refractivity contribution >= 4 is 11.6 Å². The predicted molar refractivity (Wildman–Crippen MR) is 62.6 cm³/mol. The van der Waals surface area contributed by atoms with E-state index in [1.54, 1.807) is 6.26 Å². The zero-order valence-electron chi connectivity index (χ0n) is 9.27. The average Bonchev–Trinajstić information content (AvgIpc) is 2.86. The van der Waals surface area contributed by atoms with Crippen molar-refractivity contribution in [2.45, 2.75) is 19.9 Å². The van der Waals surface area contributed by atoms with Crippen molar-refractivity contribution in [2.24, 2.45) is 5.73 Å². The summed E-state index contributed by atoms with van der Waals surface area (Å²) in [6.45, 7) is 4.22. The Hall–Kier alpha value is -1.26. The standard InChI is InChI=1S/C11H14ClN3O/c1-7-11(12)8(2)15(14-7)9(6-13)10-4-3-5-16-10/h3-5,9H,6,13H2,1-2H3. The van der Waals surface area contributed by atoms with Crippen molar-refractivity contribution in [3.63, 3.8) is 0 Å². The first-order valence-corrected chi connectivity index (χ1v) is 5.47. The maximum Gasteiger partial charge on any atom is 0.129 e. The lowest BCUT2D eigenvalue weighted by Crippen LogP contribution is -2.22. The van der Waals surface area contributed by atoms with Gasteiger partial charge < -0.3 is 10.2 Å². The molecule has 16 heavy (non-hydrogen) atoms. The average molecular weight is 240 g/mol. The zero-order valence-corrected chi connectivity index (χ0v) is 10.0. The summed E-state index contributed by atoms with van der Waals surface area (Å²) in [5, 5.41) is 5.07. The molecule has 0 aromatic carbocycles. The van der Waals surface area contributed by atoms with E-state index in [4.69, 9.17) is 21.8 Å². The Labute approximate surface area is 99.0 Å². The van der Waals surface area contributed by atoms with Crippen LogP contribution in [-0.2, 0) is 0 Å². The second-order valence-corrected chi connectivity index (χ2v) is 4.07. The molecule has 0 fully saturated rings. The largest absolute Gasteiger partial charge is 0.467 e. The molecule has 0 saturated carbocycles. The molecule has 1 atom stereocenters. The first-order chi connectivity index (χ1) is 7.65. The van der Waals surface area contributed by atoms with Crippen molar-refractivity contribution < 1.29 is 4.42 Å². The molecule has 2 N–H and O–H groups in total. The highest BCUT2D eigenvalue weighted by Crippen LogP contribution is 2.25. The third-order valence-corrected chi connectivity index (χ3v) is 3.17. The smallest absolute Gasteiger partial charge is 0.129 e. The number of nitrogens with zero attached hydrogens (tertiary/aromatic N) is 2. The quantitative estimate of drug-likeness (QED) is 0.894. The Morgan fingerprint density at radius 3 is 2.75 bits per heavy atom. The lowest BCUT2D eigenvalue weighted by Gasteiger charge is -2.14. The van der Waals surface area contributed by atoms with E-state index in [1.165, 1.54) is 0 Å². The summed E-state index contributed by atoms with van der Waals surface area (Å²) in [6, 6.07) is 3.63. The molecule has 2 aromatic rings. The van der Waals surface area contributed by atoms with Gasteiger partial charge in [0.1, 0.15) is 11.8 Å². The second-order valence-electron chi connectivity index (χ2n) is 3.70. The Bertz CT molecular complexity index is 476. The second kappa shape index (κ2) is 4.31. The molecule has 0 saturated heterocycles. The number of nitrogens with two attached hydrogens (primary N) is 1. The van der Waals surface area contributed by atoms with Gasteiger partial charge in [0.25, 0.3) is 0 Å². The minimum absolute atomic E-state index is 0.0961. The van der Waals surface area contributed by atoms with Crippen LogP contribution in [0.25, 0.3) is 0 Å². The third-order valence-electron chi connectivity index (χ3n) is 2.63. The molecule has 0 aliphatic heterocycles. The van der Waals surface area contributed by atoms with Gasteiger partial charge in [-0.2, -0.15) is 5.10 Å². The molecule has 2 rings (SSSR count). The van der Waals surface area contributed by atoms with Crippen LogP contribution >= 0.6 is 11.6 Å². The molecule has 2 aromatic heterocycles. The molecule has 86 valence electrons. The van der Waals surface area contributed by atoms with Crippen molar-refractivity contribution in [3.8, 4) is 0 Å². The van der Waals surface area contributed by atoms with Crippen LogP contribution in [0, 0.1) is 13.8 Å². The first-order valence-electron chi connectivity index (χ1n) is 5.09. The zero-order chi connectivity index (χ0) is 11.7. The van der Waals surface area contributed by atoms with E-state index in [-0.39, 0.29) is 6.04 Å². The lowest BCUT2D eigenvalue weighted by molar-refractivity contribution is 0.405. The van der Waals surface area contributed by atoms with E-state index >= 15 is 0 Å². The van der Waals surface area contributed by atoms with E-state index in [0.29, 0.717) is 11.6 Å². The van der Waals surface area contributed by atoms with Gasteiger partial charge in [0.2, 0.25) is 0 Å². The molecule has 0 radical (unpaired) electrons. The van der Waals surface area contributed by atoms with Crippen LogP contribution in [0.2, 0.25) is 5.02 Å². The van der Waals surface area contributed by atoms with Gasteiger partial charge >= 0.3 is 0 Å². The summed E-state index contributed by atoms with van der Waals surface area (Å²) in [7, 11) is 0. The Balaban J connectivity index is 2.45. The molecule has 0 amide bonds. The summed E-state index contributed by atoms with van der Waals surface area (Å²) >= 11 is 6.11. The molecule has 2 heterocycles. The van der Waals surface area contributed by atoms with E-state index in [2.05, 4.69) is 5.10 Å². The van der Waals surface area contributed by atoms with Gasteiger partial charge in [0.15, 0.2) is 0 Å². The number of hydrogen-bond acceptors (Lipinski definition) is 3. The van der Waals surface area contributed by atoms with Gasteiger partial charge in [-0.05, 0) is 26.0 Å². The molecule has 0 bridgehead atoms. The normalized spacial score (nSPS) is 13.0. The summed E-state index contributed by atoms with van der Waals surface area (Å²) in [5.74, 6) is 0.796. The molecular formula is C11H14ClN3O. The maximum absolute atomic E-state index is 6.11. The van der Waals surface area contributed by atoms with Gasteiger partial charge in [-0.25, -0.2) is 0 Å². The first kappa shape index (κ1) is 11.2. The minimum Gasteiger partial charge on any atom is -0.467 e. The molecule has 0 aliphatic carbocycles. The molecule has 5 heteroatoms. The number of halogens is 1. The number of furan rings is 1. The van der Waals surface area contributed by atoms with Crippen molar-refractivity contribution in [3.05, 3.63) is 40.6 Å². The number of hydrogen-bond donors (Lipinski definition) is 1. The summed E-state index contributed by atoms with van der Waals surface area (Å²) < 4.78 is 7.18. The van der Waals surface area contributed by atoms with Gasteiger partial charge in [-0.3, -0.25) is 4.68 Å². The van der Waals surface area contributed by atoms with Crippen LogP contribution in [-0.4, -0.2) is 16.3 Å². The number of aromatic nitrogens is 2. The topological polar surface area (TPSA) is 57.0 Å². The lowest BCUT2D eigenvalue weighted by atomic mass is 10.2. The summed E-state index contributed by atoms with van der Waals surface area (Å²) in [6.07, 6.45) is 1.63.